The summed E-state index contributed by atoms with van der Waals surface area (Å²) in [6.45, 7) is 16.4. The van der Waals surface area contributed by atoms with Crippen LogP contribution in [0.5, 0.6) is 5.75 Å². The third-order valence-electron chi connectivity index (χ3n) is 6.08. The summed E-state index contributed by atoms with van der Waals surface area (Å²) in [6.07, 6.45) is 0.255. The van der Waals surface area contributed by atoms with Gasteiger partial charge in [0.1, 0.15) is 23.4 Å². The van der Waals surface area contributed by atoms with Crippen molar-refractivity contribution in [2.45, 2.75) is 118 Å². The van der Waals surface area contributed by atoms with Gasteiger partial charge in [0.05, 0.1) is 0 Å². The molecule has 3 atom stereocenters. The summed E-state index contributed by atoms with van der Waals surface area (Å²) in [4.78, 5) is 53.8. The molecule has 220 valence electrons. The molecule has 0 saturated carbocycles. The van der Waals surface area contributed by atoms with Crippen LogP contribution in [0, 0.1) is 12.8 Å². The number of hydrogen-bond donors (Lipinski definition) is 4. The number of carbonyl (C=O) groups is 4. The number of nitrogens with zero attached hydrogens (tertiary/aromatic N) is 1. The molecule has 10 heteroatoms. The average Bonchev–Trinajstić information content (AvgIpc) is 2.78. The number of phenolic OH excluding ortho intramolecular Hbond substituents is 1. The molecule has 0 fully saturated rings. The van der Waals surface area contributed by atoms with Crippen molar-refractivity contribution in [2.24, 2.45) is 11.7 Å². The molecular weight excluding hydrogens is 500 g/mol. The van der Waals surface area contributed by atoms with Crippen molar-refractivity contribution < 1.29 is 29.0 Å². The fourth-order valence-corrected chi connectivity index (χ4v) is 4.17. The van der Waals surface area contributed by atoms with Crippen molar-refractivity contribution in [3.8, 4) is 5.75 Å². The minimum Gasteiger partial charge on any atom is -0.507 e. The first-order chi connectivity index (χ1) is 17.9. The number of nitrogens with one attached hydrogen (secondary N) is 2. The van der Waals surface area contributed by atoms with Gasteiger partial charge in [0.2, 0.25) is 17.7 Å². The molecule has 3 unspecified atom stereocenters. The zero-order chi connectivity index (χ0) is 30.1. The first-order valence-electron chi connectivity index (χ1n) is 13.6. The molecule has 0 heterocycles. The van der Waals surface area contributed by atoms with Crippen molar-refractivity contribution in [2.75, 3.05) is 0 Å². The van der Waals surface area contributed by atoms with E-state index in [0.717, 1.165) is 6.42 Å². The second kappa shape index (κ2) is 14.7. The summed E-state index contributed by atoms with van der Waals surface area (Å²) >= 11 is 0. The number of ether oxygens (including phenoxy) is 1. The number of para-hydroxylation sites is 1. The number of nitrogens with two attached hydrogens (primary N) is 1. The fourth-order valence-electron chi connectivity index (χ4n) is 4.17. The summed E-state index contributed by atoms with van der Waals surface area (Å²) < 4.78 is 5.37. The van der Waals surface area contributed by atoms with E-state index in [4.69, 9.17) is 10.5 Å². The van der Waals surface area contributed by atoms with Gasteiger partial charge in [-0.1, -0.05) is 32.0 Å². The van der Waals surface area contributed by atoms with Crippen molar-refractivity contribution in [3.05, 3.63) is 29.3 Å². The minimum absolute atomic E-state index is 0.0842. The van der Waals surface area contributed by atoms with E-state index in [1.165, 1.54) is 4.90 Å². The number of rotatable bonds is 13. The number of hydrogen-bond acceptors (Lipinski definition) is 6. The van der Waals surface area contributed by atoms with Crippen LogP contribution in [-0.4, -0.2) is 57.5 Å². The van der Waals surface area contributed by atoms with Crippen molar-refractivity contribution in [1.29, 1.82) is 0 Å². The van der Waals surface area contributed by atoms with Gasteiger partial charge in [-0.05, 0) is 79.2 Å². The van der Waals surface area contributed by atoms with Crippen LogP contribution in [0.15, 0.2) is 18.2 Å². The molecule has 0 radical (unpaired) electrons. The van der Waals surface area contributed by atoms with Crippen LogP contribution in [0.25, 0.3) is 0 Å². The van der Waals surface area contributed by atoms with E-state index in [2.05, 4.69) is 24.5 Å². The van der Waals surface area contributed by atoms with E-state index in [-0.39, 0.29) is 30.2 Å². The fraction of sp³-hybridized carbons (Fsp3) is 0.655. The highest BCUT2D eigenvalue weighted by Gasteiger charge is 2.40. The summed E-state index contributed by atoms with van der Waals surface area (Å²) in [5, 5.41) is 16.5. The van der Waals surface area contributed by atoms with E-state index in [1.54, 1.807) is 59.7 Å². The number of carbonyl (C=O) groups excluding carboxylic acids is 4. The molecule has 1 rings (SSSR count). The Bertz CT molecular complexity index is 1000. The molecule has 0 bridgehead atoms. The zero-order valence-corrected chi connectivity index (χ0v) is 25.0. The molecule has 5 N–H and O–H groups in total. The van der Waals surface area contributed by atoms with E-state index < -0.39 is 47.5 Å². The van der Waals surface area contributed by atoms with Gasteiger partial charge in [-0.3, -0.25) is 14.4 Å². The first-order valence-corrected chi connectivity index (χ1v) is 13.6. The van der Waals surface area contributed by atoms with Gasteiger partial charge in [-0.15, -0.1) is 0 Å². The molecule has 0 aromatic heterocycles. The van der Waals surface area contributed by atoms with Gasteiger partial charge >= 0.3 is 6.09 Å². The highest BCUT2D eigenvalue weighted by Crippen LogP contribution is 2.34. The Morgan fingerprint density at radius 2 is 1.62 bits per heavy atom. The number of alkyl carbamates (subject to hydrolysis) is 1. The molecule has 1 aromatic rings. The third-order valence-corrected chi connectivity index (χ3v) is 6.08. The van der Waals surface area contributed by atoms with Crippen LogP contribution < -0.4 is 16.4 Å². The number of amides is 4. The van der Waals surface area contributed by atoms with Gasteiger partial charge in [0, 0.05) is 24.1 Å². The van der Waals surface area contributed by atoms with Crippen LogP contribution in [0.1, 0.15) is 98.2 Å². The van der Waals surface area contributed by atoms with Gasteiger partial charge in [0.25, 0.3) is 0 Å². The summed E-state index contributed by atoms with van der Waals surface area (Å²) in [6, 6.07) is 1.95. The minimum atomic E-state index is -1.20. The number of phenols is 1. The van der Waals surface area contributed by atoms with Crippen molar-refractivity contribution in [1.82, 2.24) is 15.5 Å². The highest BCUT2D eigenvalue weighted by atomic mass is 16.6. The Hall–Kier alpha value is -3.30. The predicted octanol–water partition coefficient (Wildman–Crippen LogP) is 4.08. The van der Waals surface area contributed by atoms with E-state index in [1.807, 2.05) is 6.92 Å². The summed E-state index contributed by atoms with van der Waals surface area (Å²) in [7, 11) is 0. The SMILES string of the molecule is Cc1cccc(C(C(=O)NC(C)C)N(C(=O)C(CCC(N)=O)NC(=O)OC(C)(C)C)C(C)CCC(C)C)c1O. The Balaban J connectivity index is 3.71. The normalized spacial score (nSPS) is 13.9. The highest BCUT2D eigenvalue weighted by molar-refractivity contribution is 5.93. The van der Waals surface area contributed by atoms with E-state index in [9.17, 15) is 24.3 Å². The number of aryl methyl sites for hydroxylation is 1. The molecule has 0 saturated heterocycles. The lowest BCUT2D eigenvalue weighted by atomic mass is 9.95. The maximum Gasteiger partial charge on any atom is 0.408 e. The smallest absolute Gasteiger partial charge is 0.408 e. The third kappa shape index (κ3) is 11.1. The van der Waals surface area contributed by atoms with Gasteiger partial charge in [0.15, 0.2) is 0 Å². The standard InChI is InChI=1S/C29H48N4O6/c1-17(2)13-14-20(6)33(24(26(36)31-18(3)4)21-12-10-11-19(5)25(21)35)27(37)22(15-16-23(30)34)32-28(38)39-29(7,8)9/h10-12,17-18,20,22,24,35H,13-16H2,1-9H3,(H2,30,34)(H,31,36)(H,32,38). The molecule has 0 aliphatic rings. The molecular formula is C29H48N4O6. The van der Waals surface area contributed by atoms with Crippen molar-refractivity contribution >= 4 is 23.8 Å². The second-order valence-electron chi connectivity index (χ2n) is 11.8. The molecule has 0 spiro atoms. The average molecular weight is 549 g/mol. The topological polar surface area (TPSA) is 151 Å². The van der Waals surface area contributed by atoms with Crippen molar-refractivity contribution in [3.63, 3.8) is 0 Å². The van der Waals surface area contributed by atoms with Gasteiger partial charge < -0.3 is 31.1 Å². The number of aromatic hydroxyl groups is 1. The van der Waals surface area contributed by atoms with Gasteiger partial charge in [-0.2, -0.15) is 0 Å². The second-order valence-corrected chi connectivity index (χ2v) is 11.8. The Morgan fingerprint density at radius 1 is 1.00 bits per heavy atom. The molecule has 4 amide bonds. The number of benzene rings is 1. The quantitative estimate of drug-likeness (QED) is 0.292. The summed E-state index contributed by atoms with van der Waals surface area (Å²) in [5.41, 5.74) is 5.37. The van der Waals surface area contributed by atoms with E-state index >= 15 is 0 Å². The Morgan fingerprint density at radius 3 is 2.13 bits per heavy atom. The molecule has 0 aliphatic heterocycles. The molecule has 0 aliphatic carbocycles. The lowest BCUT2D eigenvalue weighted by Gasteiger charge is -2.39. The number of primary amides is 1. The zero-order valence-electron chi connectivity index (χ0n) is 25.0. The Kier molecular flexibility index (Phi) is 12.8. The van der Waals surface area contributed by atoms with Crippen LogP contribution in [0.3, 0.4) is 0 Å². The molecule has 39 heavy (non-hydrogen) atoms. The predicted molar refractivity (Wildman–Crippen MR) is 151 cm³/mol. The largest absolute Gasteiger partial charge is 0.507 e. The lowest BCUT2D eigenvalue weighted by Crippen LogP contribution is -2.56. The van der Waals surface area contributed by atoms with Gasteiger partial charge in [-0.25, -0.2) is 4.79 Å². The van der Waals surface area contributed by atoms with Crippen LogP contribution in [0.4, 0.5) is 4.79 Å². The lowest BCUT2D eigenvalue weighted by molar-refractivity contribution is -0.145. The summed E-state index contributed by atoms with van der Waals surface area (Å²) in [5.74, 6) is -1.44. The van der Waals surface area contributed by atoms with Crippen LogP contribution in [0.2, 0.25) is 0 Å². The Labute approximate surface area is 233 Å². The maximum absolute atomic E-state index is 14.3. The first kappa shape index (κ1) is 33.7. The maximum atomic E-state index is 14.3. The van der Waals surface area contributed by atoms with E-state index in [0.29, 0.717) is 17.9 Å². The molecule has 10 nitrogen and oxygen atoms in total. The monoisotopic (exact) mass is 548 g/mol. The van der Waals surface area contributed by atoms with Crippen LogP contribution >= 0.6 is 0 Å². The molecule has 1 aromatic carbocycles. The van der Waals surface area contributed by atoms with Crippen LogP contribution in [-0.2, 0) is 19.1 Å².